The van der Waals surface area contributed by atoms with Crippen LogP contribution in [0, 0.1) is 0 Å². The molecule has 0 aliphatic rings. The number of carbonyl (C=O) groups excluding carboxylic acids is 1. The number of benzene rings is 1. The van der Waals surface area contributed by atoms with Gasteiger partial charge in [0.1, 0.15) is 0 Å². The van der Waals surface area contributed by atoms with E-state index in [-0.39, 0.29) is 5.91 Å². The third-order valence-corrected chi connectivity index (χ3v) is 4.54. The minimum atomic E-state index is -0.0559. The van der Waals surface area contributed by atoms with Gasteiger partial charge in [0.25, 0.3) is 0 Å². The molecule has 1 amide bonds. The Morgan fingerprint density at radius 1 is 1.24 bits per heavy atom. The molecule has 3 rings (SSSR count). The van der Waals surface area contributed by atoms with E-state index >= 15 is 0 Å². The van der Waals surface area contributed by atoms with Crippen LogP contribution in [0.5, 0.6) is 0 Å². The normalized spacial score (nSPS) is 10.7. The molecule has 0 bridgehead atoms. The minimum Gasteiger partial charge on any atom is -0.324 e. The SMILES string of the molecule is O=C(CSc1ncc2ccccn12)Nc1ccccc1Br. The highest BCUT2D eigenvalue weighted by molar-refractivity contribution is 9.10. The van der Waals surface area contributed by atoms with Gasteiger partial charge in [-0.15, -0.1) is 0 Å². The number of nitrogens with one attached hydrogen (secondary N) is 1. The third-order valence-electron chi connectivity index (χ3n) is 2.89. The number of rotatable bonds is 4. The zero-order valence-corrected chi connectivity index (χ0v) is 13.4. The number of carbonyl (C=O) groups is 1. The van der Waals surface area contributed by atoms with Crippen LogP contribution in [0.3, 0.4) is 0 Å². The number of hydrogen-bond donors (Lipinski definition) is 1. The molecule has 0 unspecified atom stereocenters. The van der Waals surface area contributed by atoms with Crippen LogP contribution in [0.15, 0.2) is 64.5 Å². The Morgan fingerprint density at radius 2 is 2.05 bits per heavy atom. The summed E-state index contributed by atoms with van der Waals surface area (Å²) >= 11 is 4.82. The number of aromatic nitrogens is 2. The van der Waals surface area contributed by atoms with Gasteiger partial charge in [-0.25, -0.2) is 4.98 Å². The van der Waals surface area contributed by atoms with Gasteiger partial charge < -0.3 is 5.32 Å². The van der Waals surface area contributed by atoms with E-state index in [9.17, 15) is 4.79 Å². The van der Waals surface area contributed by atoms with Crippen LogP contribution in [0.25, 0.3) is 5.52 Å². The van der Waals surface area contributed by atoms with Crippen LogP contribution in [0.2, 0.25) is 0 Å². The molecule has 0 aliphatic carbocycles. The van der Waals surface area contributed by atoms with Gasteiger partial charge in [-0.05, 0) is 40.2 Å². The number of para-hydroxylation sites is 1. The molecule has 6 heteroatoms. The van der Waals surface area contributed by atoms with Crippen LogP contribution in [-0.2, 0) is 4.79 Å². The van der Waals surface area contributed by atoms with E-state index in [2.05, 4.69) is 26.2 Å². The molecule has 0 fully saturated rings. The van der Waals surface area contributed by atoms with E-state index in [1.165, 1.54) is 11.8 Å². The van der Waals surface area contributed by atoms with Crippen molar-refractivity contribution in [1.82, 2.24) is 9.38 Å². The highest BCUT2D eigenvalue weighted by atomic mass is 79.9. The van der Waals surface area contributed by atoms with Gasteiger partial charge in [-0.3, -0.25) is 9.20 Å². The van der Waals surface area contributed by atoms with Gasteiger partial charge in [-0.2, -0.15) is 0 Å². The van der Waals surface area contributed by atoms with E-state index in [0.29, 0.717) is 5.75 Å². The van der Waals surface area contributed by atoms with Gasteiger partial charge in [0, 0.05) is 10.7 Å². The minimum absolute atomic E-state index is 0.0559. The summed E-state index contributed by atoms with van der Waals surface area (Å²) < 4.78 is 2.84. The molecule has 1 aromatic carbocycles. The summed E-state index contributed by atoms with van der Waals surface area (Å²) in [5.41, 5.74) is 1.79. The second kappa shape index (κ2) is 6.32. The second-order valence-corrected chi connectivity index (χ2v) is 6.15. The number of pyridine rings is 1. The number of hydrogen-bond acceptors (Lipinski definition) is 3. The maximum atomic E-state index is 12.0. The first-order valence-corrected chi connectivity index (χ1v) is 8.11. The first-order valence-electron chi connectivity index (χ1n) is 6.33. The Labute approximate surface area is 134 Å². The van der Waals surface area contributed by atoms with Gasteiger partial charge in [-0.1, -0.05) is 30.0 Å². The number of halogens is 1. The van der Waals surface area contributed by atoms with Crippen molar-refractivity contribution in [3.8, 4) is 0 Å². The lowest BCUT2D eigenvalue weighted by Crippen LogP contribution is -2.14. The summed E-state index contributed by atoms with van der Waals surface area (Å²) in [6, 6.07) is 13.4. The Morgan fingerprint density at radius 3 is 2.90 bits per heavy atom. The highest BCUT2D eigenvalue weighted by Crippen LogP contribution is 2.22. The molecule has 0 aliphatic heterocycles. The fraction of sp³-hybridized carbons (Fsp3) is 0.0667. The lowest BCUT2D eigenvalue weighted by atomic mass is 10.3. The highest BCUT2D eigenvalue weighted by Gasteiger charge is 2.09. The molecule has 0 saturated heterocycles. The van der Waals surface area contributed by atoms with E-state index in [0.717, 1.165) is 20.8 Å². The quantitative estimate of drug-likeness (QED) is 0.718. The van der Waals surface area contributed by atoms with Crippen molar-refractivity contribution in [2.75, 3.05) is 11.1 Å². The first kappa shape index (κ1) is 14.2. The van der Waals surface area contributed by atoms with Gasteiger partial charge in [0.05, 0.1) is 23.2 Å². The molecule has 2 aromatic heterocycles. The topological polar surface area (TPSA) is 46.4 Å². The Hall–Kier alpha value is -1.79. The number of nitrogens with zero attached hydrogens (tertiary/aromatic N) is 2. The maximum absolute atomic E-state index is 12.0. The van der Waals surface area contributed by atoms with E-state index in [1.54, 1.807) is 6.20 Å². The Bertz CT molecular complexity index is 787. The molecular formula is C15H12BrN3OS. The van der Waals surface area contributed by atoms with Gasteiger partial charge >= 0.3 is 0 Å². The van der Waals surface area contributed by atoms with Crippen LogP contribution in [-0.4, -0.2) is 21.0 Å². The van der Waals surface area contributed by atoms with Crippen LogP contribution >= 0.6 is 27.7 Å². The summed E-state index contributed by atoms with van der Waals surface area (Å²) in [4.78, 5) is 16.3. The molecule has 4 nitrogen and oxygen atoms in total. The molecule has 1 N–H and O–H groups in total. The smallest absolute Gasteiger partial charge is 0.234 e. The molecule has 0 atom stereocenters. The Kier molecular flexibility index (Phi) is 4.26. The summed E-state index contributed by atoms with van der Waals surface area (Å²) in [6.45, 7) is 0. The number of thioether (sulfide) groups is 1. The van der Waals surface area contributed by atoms with Crippen molar-refractivity contribution in [2.24, 2.45) is 0 Å². The van der Waals surface area contributed by atoms with Crippen LogP contribution < -0.4 is 5.32 Å². The zero-order chi connectivity index (χ0) is 14.7. The van der Waals surface area contributed by atoms with Gasteiger partial charge in [0.2, 0.25) is 5.91 Å². The maximum Gasteiger partial charge on any atom is 0.234 e. The summed E-state index contributed by atoms with van der Waals surface area (Å²) in [7, 11) is 0. The lowest BCUT2D eigenvalue weighted by Gasteiger charge is -2.06. The van der Waals surface area contributed by atoms with E-state index < -0.39 is 0 Å². The fourth-order valence-electron chi connectivity index (χ4n) is 1.91. The van der Waals surface area contributed by atoms with Gasteiger partial charge in [0.15, 0.2) is 5.16 Å². The average molecular weight is 362 g/mol. The van der Waals surface area contributed by atoms with Crippen LogP contribution in [0.4, 0.5) is 5.69 Å². The largest absolute Gasteiger partial charge is 0.324 e. The fourth-order valence-corrected chi connectivity index (χ4v) is 3.05. The van der Waals surface area contributed by atoms with Crippen molar-refractivity contribution in [1.29, 1.82) is 0 Å². The third kappa shape index (κ3) is 3.28. The second-order valence-electron chi connectivity index (χ2n) is 4.35. The summed E-state index contributed by atoms with van der Waals surface area (Å²) in [5.74, 6) is 0.259. The predicted molar refractivity (Wildman–Crippen MR) is 88.7 cm³/mol. The molecule has 0 spiro atoms. The number of fused-ring (bicyclic) bond motifs is 1. The van der Waals surface area contributed by atoms with Crippen LogP contribution in [0.1, 0.15) is 0 Å². The first-order chi connectivity index (χ1) is 10.2. The number of imidazole rings is 1. The van der Waals surface area contributed by atoms with E-state index in [4.69, 9.17) is 0 Å². The number of amides is 1. The predicted octanol–water partition coefficient (Wildman–Crippen LogP) is 3.83. The molecular weight excluding hydrogens is 350 g/mol. The lowest BCUT2D eigenvalue weighted by molar-refractivity contribution is -0.113. The summed E-state index contributed by atoms with van der Waals surface area (Å²) in [5, 5.41) is 3.69. The number of anilines is 1. The molecule has 3 aromatic rings. The molecule has 2 heterocycles. The monoisotopic (exact) mass is 361 g/mol. The molecule has 106 valence electrons. The van der Waals surface area contributed by atoms with Crippen molar-refractivity contribution >= 4 is 44.8 Å². The van der Waals surface area contributed by atoms with E-state index in [1.807, 2.05) is 53.1 Å². The standard InChI is InChI=1S/C15H12BrN3OS/c16-12-6-1-2-7-13(12)18-14(20)10-21-15-17-9-11-5-3-4-8-19(11)15/h1-9H,10H2,(H,18,20). The summed E-state index contributed by atoms with van der Waals surface area (Å²) in [6.07, 6.45) is 3.74. The average Bonchev–Trinajstić information content (AvgIpc) is 2.91. The molecule has 0 radical (unpaired) electrons. The van der Waals surface area contributed by atoms with Crippen molar-refractivity contribution in [2.45, 2.75) is 5.16 Å². The molecule has 21 heavy (non-hydrogen) atoms. The Balaban J connectivity index is 1.65. The molecule has 0 saturated carbocycles. The van der Waals surface area contributed by atoms with Crippen molar-refractivity contribution in [3.63, 3.8) is 0 Å². The van der Waals surface area contributed by atoms with Crippen molar-refractivity contribution < 1.29 is 4.79 Å². The zero-order valence-electron chi connectivity index (χ0n) is 11.0. The van der Waals surface area contributed by atoms with Crippen molar-refractivity contribution in [3.05, 3.63) is 59.3 Å².